The van der Waals surface area contributed by atoms with Gasteiger partial charge in [0.25, 0.3) is 0 Å². The third kappa shape index (κ3) is 2.97. The van der Waals surface area contributed by atoms with E-state index in [4.69, 9.17) is 0 Å². The molecule has 2 aromatic heterocycles. The van der Waals surface area contributed by atoms with E-state index in [0.29, 0.717) is 6.04 Å². The molecule has 3 rings (SSSR count). The zero-order chi connectivity index (χ0) is 14.8. The van der Waals surface area contributed by atoms with Crippen LogP contribution in [0.3, 0.4) is 0 Å². The standard InChI is InChI=1S/C16H19FN4/c1-12(10-21-7-3-6-19-21)18-9-13-11-20(2)16-8-14(17)4-5-15(13)16/h3-8,11-12,18H,9-10H2,1-2H3. The molecule has 0 aliphatic heterocycles. The molecule has 0 radical (unpaired) electrons. The number of nitrogens with one attached hydrogen (secondary N) is 1. The number of rotatable bonds is 5. The zero-order valence-corrected chi connectivity index (χ0v) is 12.3. The van der Waals surface area contributed by atoms with Crippen molar-refractivity contribution in [3.8, 4) is 0 Å². The third-order valence-corrected chi connectivity index (χ3v) is 3.70. The lowest BCUT2D eigenvalue weighted by molar-refractivity contribution is 0.451. The van der Waals surface area contributed by atoms with Crippen LogP contribution in [0.15, 0.2) is 42.9 Å². The quantitative estimate of drug-likeness (QED) is 0.782. The van der Waals surface area contributed by atoms with Crippen LogP contribution >= 0.6 is 0 Å². The summed E-state index contributed by atoms with van der Waals surface area (Å²) in [5.41, 5.74) is 2.10. The normalized spacial score (nSPS) is 12.9. The Labute approximate surface area is 123 Å². The average molecular weight is 286 g/mol. The minimum atomic E-state index is -0.199. The fourth-order valence-electron chi connectivity index (χ4n) is 2.62. The second-order valence-electron chi connectivity index (χ2n) is 5.44. The molecule has 0 fully saturated rings. The van der Waals surface area contributed by atoms with Gasteiger partial charge in [0.1, 0.15) is 5.82 Å². The maximum Gasteiger partial charge on any atom is 0.125 e. The summed E-state index contributed by atoms with van der Waals surface area (Å²) in [6.07, 6.45) is 5.79. The molecule has 0 aliphatic rings. The lowest BCUT2D eigenvalue weighted by atomic mass is 10.1. The molecule has 1 unspecified atom stereocenters. The first-order valence-corrected chi connectivity index (χ1v) is 7.08. The summed E-state index contributed by atoms with van der Waals surface area (Å²) in [6.45, 7) is 3.71. The van der Waals surface area contributed by atoms with Crippen molar-refractivity contribution < 1.29 is 4.39 Å². The molecule has 1 aromatic carbocycles. The number of hydrogen-bond donors (Lipinski definition) is 1. The summed E-state index contributed by atoms with van der Waals surface area (Å²) in [6, 6.07) is 7.16. The van der Waals surface area contributed by atoms with Crippen molar-refractivity contribution in [3.63, 3.8) is 0 Å². The molecule has 5 heteroatoms. The van der Waals surface area contributed by atoms with Crippen LogP contribution in [-0.4, -0.2) is 20.4 Å². The van der Waals surface area contributed by atoms with E-state index in [2.05, 4.69) is 23.5 Å². The van der Waals surface area contributed by atoms with Crippen LogP contribution in [0.4, 0.5) is 4.39 Å². The number of hydrogen-bond acceptors (Lipinski definition) is 2. The molecule has 4 nitrogen and oxygen atoms in total. The lowest BCUT2D eigenvalue weighted by Crippen LogP contribution is -2.30. The van der Waals surface area contributed by atoms with Gasteiger partial charge in [-0.1, -0.05) is 0 Å². The molecule has 0 bridgehead atoms. The van der Waals surface area contributed by atoms with Crippen molar-refractivity contribution in [1.29, 1.82) is 0 Å². The molecule has 0 saturated heterocycles. The van der Waals surface area contributed by atoms with Crippen LogP contribution < -0.4 is 5.32 Å². The van der Waals surface area contributed by atoms with E-state index < -0.39 is 0 Å². The van der Waals surface area contributed by atoms with Gasteiger partial charge in [0.05, 0.1) is 12.1 Å². The van der Waals surface area contributed by atoms with Crippen LogP contribution in [0.5, 0.6) is 0 Å². The topological polar surface area (TPSA) is 34.8 Å². The van der Waals surface area contributed by atoms with Crippen LogP contribution in [0, 0.1) is 5.82 Å². The second-order valence-corrected chi connectivity index (χ2v) is 5.44. The number of aryl methyl sites for hydroxylation is 1. The Morgan fingerprint density at radius 3 is 3.00 bits per heavy atom. The molecule has 1 atom stereocenters. The van der Waals surface area contributed by atoms with Crippen LogP contribution in [-0.2, 0) is 20.1 Å². The van der Waals surface area contributed by atoms with E-state index in [1.807, 2.05) is 34.6 Å². The number of nitrogens with zero attached hydrogens (tertiary/aromatic N) is 3. The Kier molecular flexibility index (Phi) is 3.75. The van der Waals surface area contributed by atoms with Crippen molar-refractivity contribution in [2.75, 3.05) is 0 Å². The summed E-state index contributed by atoms with van der Waals surface area (Å²) in [4.78, 5) is 0. The zero-order valence-electron chi connectivity index (χ0n) is 12.3. The molecule has 0 amide bonds. The van der Waals surface area contributed by atoms with Crippen molar-refractivity contribution in [2.24, 2.45) is 7.05 Å². The Hall–Kier alpha value is -2.14. The van der Waals surface area contributed by atoms with Crippen molar-refractivity contribution >= 4 is 10.9 Å². The predicted octanol–water partition coefficient (Wildman–Crippen LogP) is 2.69. The van der Waals surface area contributed by atoms with Gasteiger partial charge in [-0.2, -0.15) is 5.10 Å². The number of aromatic nitrogens is 3. The molecular formula is C16H19FN4. The first-order chi connectivity index (χ1) is 10.1. The van der Waals surface area contributed by atoms with Gasteiger partial charge in [-0.05, 0) is 36.8 Å². The maximum atomic E-state index is 13.3. The highest BCUT2D eigenvalue weighted by molar-refractivity contribution is 5.83. The van der Waals surface area contributed by atoms with Crippen LogP contribution in [0.1, 0.15) is 12.5 Å². The fraction of sp³-hybridized carbons (Fsp3) is 0.312. The molecule has 2 heterocycles. The van der Waals surface area contributed by atoms with Gasteiger partial charge in [0, 0.05) is 43.6 Å². The monoisotopic (exact) mass is 286 g/mol. The highest BCUT2D eigenvalue weighted by Gasteiger charge is 2.09. The van der Waals surface area contributed by atoms with Gasteiger partial charge in [-0.15, -0.1) is 0 Å². The average Bonchev–Trinajstić information content (AvgIpc) is 3.05. The van der Waals surface area contributed by atoms with Crippen molar-refractivity contribution in [1.82, 2.24) is 19.7 Å². The molecule has 0 aliphatic carbocycles. The molecular weight excluding hydrogens is 267 g/mol. The van der Waals surface area contributed by atoms with Crippen molar-refractivity contribution in [3.05, 3.63) is 54.2 Å². The van der Waals surface area contributed by atoms with Gasteiger partial charge in [-0.25, -0.2) is 4.39 Å². The SMILES string of the molecule is CC(Cn1cccn1)NCc1cn(C)c2cc(F)ccc12. The first kappa shape index (κ1) is 13.8. The number of benzene rings is 1. The van der Waals surface area contributed by atoms with Gasteiger partial charge >= 0.3 is 0 Å². The smallest absolute Gasteiger partial charge is 0.125 e. The Balaban J connectivity index is 1.70. The first-order valence-electron chi connectivity index (χ1n) is 7.08. The minimum absolute atomic E-state index is 0.199. The Morgan fingerprint density at radius 1 is 1.38 bits per heavy atom. The van der Waals surface area contributed by atoms with E-state index in [1.54, 1.807) is 12.3 Å². The summed E-state index contributed by atoms with van der Waals surface area (Å²) in [5, 5.41) is 8.79. The summed E-state index contributed by atoms with van der Waals surface area (Å²) in [5.74, 6) is -0.199. The van der Waals surface area contributed by atoms with Crippen LogP contribution in [0.25, 0.3) is 10.9 Å². The summed E-state index contributed by atoms with van der Waals surface area (Å²) >= 11 is 0. The van der Waals surface area contributed by atoms with Gasteiger partial charge in [0.2, 0.25) is 0 Å². The minimum Gasteiger partial charge on any atom is -0.350 e. The lowest BCUT2D eigenvalue weighted by Gasteiger charge is -2.13. The van der Waals surface area contributed by atoms with E-state index in [0.717, 1.165) is 24.0 Å². The molecule has 1 N–H and O–H groups in total. The van der Waals surface area contributed by atoms with Crippen LogP contribution in [0.2, 0.25) is 0 Å². The summed E-state index contributed by atoms with van der Waals surface area (Å²) in [7, 11) is 1.94. The highest BCUT2D eigenvalue weighted by Crippen LogP contribution is 2.21. The second kappa shape index (κ2) is 5.69. The summed E-state index contributed by atoms with van der Waals surface area (Å²) < 4.78 is 17.2. The maximum absolute atomic E-state index is 13.3. The highest BCUT2D eigenvalue weighted by atomic mass is 19.1. The molecule has 0 saturated carbocycles. The van der Waals surface area contributed by atoms with Crippen molar-refractivity contribution in [2.45, 2.75) is 26.1 Å². The third-order valence-electron chi connectivity index (χ3n) is 3.70. The number of halogens is 1. The molecule has 110 valence electrons. The largest absolute Gasteiger partial charge is 0.350 e. The fourth-order valence-corrected chi connectivity index (χ4v) is 2.62. The molecule has 0 spiro atoms. The van der Waals surface area contributed by atoms with Gasteiger partial charge in [-0.3, -0.25) is 4.68 Å². The van der Waals surface area contributed by atoms with E-state index in [-0.39, 0.29) is 5.82 Å². The molecule has 21 heavy (non-hydrogen) atoms. The number of fused-ring (bicyclic) bond motifs is 1. The Bertz CT molecular complexity index is 730. The Morgan fingerprint density at radius 2 is 2.24 bits per heavy atom. The molecule has 3 aromatic rings. The predicted molar refractivity (Wildman–Crippen MR) is 81.4 cm³/mol. The van der Waals surface area contributed by atoms with Gasteiger partial charge in [0.15, 0.2) is 0 Å². The van der Waals surface area contributed by atoms with Gasteiger partial charge < -0.3 is 9.88 Å². The van der Waals surface area contributed by atoms with E-state index in [1.165, 1.54) is 11.6 Å². The van der Waals surface area contributed by atoms with E-state index in [9.17, 15) is 4.39 Å². The van der Waals surface area contributed by atoms with E-state index >= 15 is 0 Å².